The molecular weight excluding hydrogens is 469 g/mol. The molecule has 0 unspecified atom stereocenters. The van der Waals surface area contributed by atoms with Crippen molar-refractivity contribution < 1.29 is 26.7 Å². The number of anilines is 2. The van der Waals surface area contributed by atoms with Gasteiger partial charge in [0.05, 0.1) is 18.0 Å². The first-order valence-electron chi connectivity index (χ1n) is 10.9. The van der Waals surface area contributed by atoms with Gasteiger partial charge >= 0.3 is 6.18 Å². The summed E-state index contributed by atoms with van der Waals surface area (Å²) >= 11 is 0. The van der Waals surface area contributed by atoms with E-state index in [1.807, 2.05) is 0 Å². The number of halogens is 5. The Bertz CT molecular complexity index is 1220. The van der Waals surface area contributed by atoms with E-state index in [-0.39, 0.29) is 30.2 Å². The van der Waals surface area contributed by atoms with E-state index in [2.05, 4.69) is 15.3 Å². The molecule has 0 saturated carbocycles. The van der Waals surface area contributed by atoms with Crippen LogP contribution < -0.4 is 16.0 Å². The van der Waals surface area contributed by atoms with Crippen LogP contribution in [0.3, 0.4) is 0 Å². The maximum Gasteiger partial charge on any atom is 0.416 e. The van der Waals surface area contributed by atoms with Gasteiger partial charge in [-0.2, -0.15) is 17.6 Å². The van der Waals surface area contributed by atoms with Gasteiger partial charge < -0.3 is 16.0 Å². The van der Waals surface area contributed by atoms with Crippen molar-refractivity contribution >= 4 is 17.5 Å². The second kappa shape index (κ2) is 9.85. The van der Waals surface area contributed by atoms with E-state index >= 15 is 4.39 Å². The first-order valence-corrected chi connectivity index (χ1v) is 10.9. The lowest BCUT2D eigenvalue weighted by atomic mass is 10.0. The minimum absolute atomic E-state index is 0.0545. The van der Waals surface area contributed by atoms with Crippen LogP contribution in [0.4, 0.5) is 33.6 Å². The predicted octanol–water partition coefficient (Wildman–Crippen LogP) is 4.76. The van der Waals surface area contributed by atoms with Gasteiger partial charge in [-0.1, -0.05) is 30.3 Å². The molecule has 1 fully saturated rings. The second-order valence-electron chi connectivity index (χ2n) is 8.26. The number of carbonyl (C=O) groups excluding carboxylic acids is 1. The van der Waals surface area contributed by atoms with Gasteiger partial charge in [-0.3, -0.25) is 4.79 Å². The van der Waals surface area contributed by atoms with Crippen LogP contribution in [0.15, 0.2) is 48.8 Å². The SMILES string of the molecule is NC(=O)Cc1ccc(CNc2ncnc(N3CCC[C@@H]3c3ccc(C(F)(F)F)cc3F)c2F)cc1. The number of benzene rings is 2. The zero-order valence-corrected chi connectivity index (χ0v) is 18.4. The van der Waals surface area contributed by atoms with E-state index in [1.165, 1.54) is 6.33 Å². The highest BCUT2D eigenvalue weighted by Crippen LogP contribution is 2.39. The van der Waals surface area contributed by atoms with Crippen molar-refractivity contribution in [3.8, 4) is 0 Å². The van der Waals surface area contributed by atoms with Crippen molar-refractivity contribution in [2.75, 3.05) is 16.8 Å². The van der Waals surface area contributed by atoms with Crippen LogP contribution in [0.1, 0.15) is 41.1 Å². The van der Waals surface area contributed by atoms with Crippen LogP contribution in [0.2, 0.25) is 0 Å². The molecule has 35 heavy (non-hydrogen) atoms. The zero-order valence-electron chi connectivity index (χ0n) is 18.4. The lowest BCUT2D eigenvalue weighted by Gasteiger charge is -2.27. The molecule has 1 amide bonds. The minimum atomic E-state index is -4.66. The van der Waals surface area contributed by atoms with Gasteiger partial charge in [0, 0.05) is 18.7 Å². The Morgan fingerprint density at radius 3 is 2.46 bits per heavy atom. The van der Waals surface area contributed by atoms with E-state index in [9.17, 15) is 22.4 Å². The first-order chi connectivity index (χ1) is 16.6. The lowest BCUT2D eigenvalue weighted by molar-refractivity contribution is -0.137. The Balaban J connectivity index is 1.52. The Morgan fingerprint density at radius 1 is 1.09 bits per heavy atom. The number of aromatic nitrogens is 2. The molecule has 2 heterocycles. The molecule has 3 aromatic rings. The maximum atomic E-state index is 15.3. The van der Waals surface area contributed by atoms with E-state index in [1.54, 1.807) is 29.2 Å². The molecule has 1 aromatic heterocycles. The Morgan fingerprint density at radius 2 is 1.80 bits per heavy atom. The van der Waals surface area contributed by atoms with Crippen LogP contribution in [-0.4, -0.2) is 22.4 Å². The third kappa shape index (κ3) is 5.50. The molecule has 3 N–H and O–H groups in total. The molecule has 11 heteroatoms. The Kier molecular flexibility index (Phi) is 6.86. The lowest BCUT2D eigenvalue weighted by Crippen LogP contribution is -2.26. The first kappa shape index (κ1) is 24.4. The average molecular weight is 491 g/mol. The summed E-state index contributed by atoms with van der Waals surface area (Å²) in [5.41, 5.74) is 5.72. The van der Waals surface area contributed by atoms with Crippen LogP contribution in [-0.2, 0) is 23.9 Å². The number of hydrogen-bond acceptors (Lipinski definition) is 5. The Labute approximate surface area is 198 Å². The summed E-state index contributed by atoms with van der Waals surface area (Å²) in [7, 11) is 0. The molecule has 1 aliphatic heterocycles. The summed E-state index contributed by atoms with van der Waals surface area (Å²) in [4.78, 5) is 20.5. The van der Waals surface area contributed by atoms with E-state index in [0.717, 1.165) is 23.3 Å². The highest BCUT2D eigenvalue weighted by Gasteiger charge is 2.35. The number of nitrogens with one attached hydrogen (secondary N) is 1. The van der Waals surface area contributed by atoms with Crippen molar-refractivity contribution in [1.82, 2.24) is 9.97 Å². The smallest absolute Gasteiger partial charge is 0.369 e. The molecule has 6 nitrogen and oxygen atoms in total. The number of nitrogens with two attached hydrogens (primary N) is 1. The number of carbonyl (C=O) groups is 1. The topological polar surface area (TPSA) is 84.1 Å². The predicted molar refractivity (Wildman–Crippen MR) is 119 cm³/mol. The molecular formula is C24H22F5N5O. The number of rotatable bonds is 7. The van der Waals surface area contributed by atoms with Crippen molar-refractivity contribution in [3.05, 3.63) is 82.7 Å². The highest BCUT2D eigenvalue weighted by molar-refractivity contribution is 5.76. The summed E-state index contributed by atoms with van der Waals surface area (Å²) < 4.78 is 68.7. The van der Waals surface area contributed by atoms with Gasteiger partial charge in [0.25, 0.3) is 0 Å². The monoisotopic (exact) mass is 491 g/mol. The van der Waals surface area contributed by atoms with Gasteiger partial charge in [-0.05, 0) is 36.1 Å². The third-order valence-corrected chi connectivity index (χ3v) is 5.84. The molecule has 0 spiro atoms. The number of nitrogens with zero attached hydrogens (tertiary/aromatic N) is 3. The number of amides is 1. The molecule has 0 bridgehead atoms. The van der Waals surface area contributed by atoms with Gasteiger partial charge in [-0.25, -0.2) is 14.4 Å². The Hall–Kier alpha value is -3.76. The standard InChI is InChI=1S/C24H22F5N5O/c25-18-11-16(24(27,28)29)7-8-17(18)19-2-1-9-34(19)23-21(26)22(32-13-33-23)31-12-15-5-3-14(4-6-15)10-20(30)35/h3-8,11,13,19H,1-2,9-10,12H2,(H2,30,35)(H,31,32,33)/t19-/m1/s1. The quantitative estimate of drug-likeness (QED) is 0.466. The fraction of sp³-hybridized carbons (Fsp3) is 0.292. The second-order valence-corrected chi connectivity index (χ2v) is 8.26. The van der Waals surface area contributed by atoms with Gasteiger partial charge in [0.15, 0.2) is 11.6 Å². The molecule has 4 rings (SSSR count). The molecule has 2 aromatic carbocycles. The van der Waals surface area contributed by atoms with Crippen LogP contribution >= 0.6 is 0 Å². The number of alkyl halides is 3. The molecule has 1 atom stereocenters. The van der Waals surface area contributed by atoms with Crippen LogP contribution in [0, 0.1) is 11.6 Å². The van der Waals surface area contributed by atoms with Gasteiger partial charge in [0.1, 0.15) is 12.1 Å². The van der Waals surface area contributed by atoms with E-state index in [0.29, 0.717) is 25.5 Å². The van der Waals surface area contributed by atoms with Crippen molar-refractivity contribution in [3.63, 3.8) is 0 Å². The highest BCUT2D eigenvalue weighted by atomic mass is 19.4. The number of primary amides is 1. The summed E-state index contributed by atoms with van der Waals surface area (Å²) in [6, 6.07) is 8.77. The van der Waals surface area contributed by atoms with Gasteiger partial charge in [0.2, 0.25) is 11.7 Å². The summed E-state index contributed by atoms with van der Waals surface area (Å²) in [6.45, 7) is 0.598. The molecule has 1 aliphatic rings. The molecule has 0 radical (unpaired) electrons. The van der Waals surface area contributed by atoms with Crippen LogP contribution in [0.5, 0.6) is 0 Å². The summed E-state index contributed by atoms with van der Waals surface area (Å²) in [5, 5.41) is 2.90. The third-order valence-electron chi connectivity index (χ3n) is 5.84. The largest absolute Gasteiger partial charge is 0.416 e. The van der Waals surface area contributed by atoms with E-state index in [4.69, 9.17) is 5.73 Å². The van der Waals surface area contributed by atoms with Crippen LogP contribution in [0.25, 0.3) is 0 Å². The normalized spacial score (nSPS) is 15.9. The fourth-order valence-corrected chi connectivity index (χ4v) is 4.16. The minimum Gasteiger partial charge on any atom is -0.369 e. The fourth-order valence-electron chi connectivity index (χ4n) is 4.16. The van der Waals surface area contributed by atoms with E-state index < -0.39 is 35.3 Å². The van der Waals surface area contributed by atoms with Crippen molar-refractivity contribution in [2.45, 2.75) is 38.0 Å². The summed E-state index contributed by atoms with van der Waals surface area (Å²) in [5.74, 6) is -2.29. The number of hydrogen-bond donors (Lipinski definition) is 2. The maximum absolute atomic E-state index is 15.3. The van der Waals surface area contributed by atoms with Crippen molar-refractivity contribution in [2.24, 2.45) is 5.73 Å². The van der Waals surface area contributed by atoms with Gasteiger partial charge in [-0.15, -0.1) is 0 Å². The summed E-state index contributed by atoms with van der Waals surface area (Å²) in [6.07, 6.45) is -2.33. The zero-order chi connectivity index (χ0) is 25.2. The average Bonchev–Trinajstić information content (AvgIpc) is 3.27. The van der Waals surface area contributed by atoms with Crippen molar-refractivity contribution in [1.29, 1.82) is 0 Å². The molecule has 0 aliphatic carbocycles. The molecule has 184 valence electrons. The molecule has 1 saturated heterocycles.